The first-order valence-electron chi connectivity index (χ1n) is 11.0. The smallest absolute Gasteiger partial charge is 0.407 e. The van der Waals surface area contributed by atoms with E-state index in [1.165, 1.54) is 29.5 Å². The van der Waals surface area contributed by atoms with Crippen LogP contribution in [0.15, 0.2) is 66.9 Å². The van der Waals surface area contributed by atoms with E-state index in [0.29, 0.717) is 5.69 Å². The van der Waals surface area contributed by atoms with Gasteiger partial charge in [0.1, 0.15) is 12.3 Å². The van der Waals surface area contributed by atoms with Crippen molar-refractivity contribution in [3.05, 3.63) is 83.7 Å². The predicted molar refractivity (Wildman–Crippen MR) is 127 cm³/mol. The Balaban J connectivity index is 1.23. The Kier molecular flexibility index (Phi) is 6.87. The van der Waals surface area contributed by atoms with E-state index in [1.807, 2.05) is 31.2 Å². The van der Waals surface area contributed by atoms with E-state index in [-0.39, 0.29) is 43.0 Å². The van der Waals surface area contributed by atoms with Gasteiger partial charge in [0.25, 0.3) is 0 Å². The highest BCUT2D eigenvalue weighted by Gasteiger charge is 2.29. The Morgan fingerprint density at radius 2 is 1.65 bits per heavy atom. The summed E-state index contributed by atoms with van der Waals surface area (Å²) in [6.07, 6.45) is 0.938. The standard InChI is InChI=1S/C26H25N3O5/c1-16(12-24(30)29-17-10-11-23(25(31)32)27-14-17)13-28-26(33)34-15-22-20-8-4-2-6-18(20)19-7-3-5-9-21(19)22/h2-11,14,16,22H,12-13,15H2,1H3,(H,28,33)(H,29,30)(H,31,32). The topological polar surface area (TPSA) is 118 Å². The van der Waals surface area contributed by atoms with Crippen LogP contribution in [0.4, 0.5) is 10.5 Å². The van der Waals surface area contributed by atoms with Crippen molar-refractivity contribution in [3.8, 4) is 11.1 Å². The summed E-state index contributed by atoms with van der Waals surface area (Å²) in [6.45, 7) is 2.35. The molecule has 0 saturated heterocycles. The number of hydrogen-bond acceptors (Lipinski definition) is 5. The summed E-state index contributed by atoms with van der Waals surface area (Å²) in [6, 6.07) is 19.1. The predicted octanol–water partition coefficient (Wildman–Crippen LogP) is 4.28. The van der Waals surface area contributed by atoms with Crippen LogP contribution in [-0.4, -0.2) is 41.2 Å². The van der Waals surface area contributed by atoms with E-state index in [9.17, 15) is 14.4 Å². The lowest BCUT2D eigenvalue weighted by Gasteiger charge is -2.16. The number of ether oxygens (including phenoxy) is 1. The molecular weight excluding hydrogens is 434 g/mol. The molecule has 0 aliphatic heterocycles. The highest BCUT2D eigenvalue weighted by Crippen LogP contribution is 2.44. The Hall–Kier alpha value is -4.20. The zero-order valence-corrected chi connectivity index (χ0v) is 18.7. The Bertz CT molecular complexity index is 1160. The van der Waals surface area contributed by atoms with Crippen LogP contribution in [0.25, 0.3) is 11.1 Å². The van der Waals surface area contributed by atoms with Gasteiger partial charge in [0.2, 0.25) is 5.91 Å². The molecule has 2 aromatic carbocycles. The monoisotopic (exact) mass is 459 g/mol. The lowest BCUT2D eigenvalue weighted by atomic mass is 9.98. The van der Waals surface area contributed by atoms with Crippen molar-refractivity contribution < 1.29 is 24.2 Å². The number of carboxylic acids is 1. The van der Waals surface area contributed by atoms with Gasteiger partial charge in [0, 0.05) is 18.9 Å². The summed E-state index contributed by atoms with van der Waals surface area (Å²) >= 11 is 0. The number of nitrogens with one attached hydrogen (secondary N) is 2. The van der Waals surface area contributed by atoms with E-state index < -0.39 is 12.1 Å². The fraction of sp³-hybridized carbons (Fsp3) is 0.231. The fourth-order valence-electron chi connectivity index (χ4n) is 4.10. The van der Waals surface area contributed by atoms with Gasteiger partial charge in [-0.3, -0.25) is 4.79 Å². The maximum atomic E-state index is 12.3. The molecule has 1 aromatic heterocycles. The molecule has 1 atom stereocenters. The second-order valence-electron chi connectivity index (χ2n) is 8.30. The average Bonchev–Trinajstić information content (AvgIpc) is 3.15. The Labute approximate surface area is 197 Å². The van der Waals surface area contributed by atoms with Crippen molar-refractivity contribution in [1.29, 1.82) is 0 Å². The molecular formula is C26H25N3O5. The van der Waals surface area contributed by atoms with Crippen molar-refractivity contribution in [2.45, 2.75) is 19.3 Å². The number of aromatic nitrogens is 1. The molecule has 8 nitrogen and oxygen atoms in total. The maximum absolute atomic E-state index is 12.3. The zero-order valence-electron chi connectivity index (χ0n) is 18.7. The third-order valence-corrected chi connectivity index (χ3v) is 5.74. The molecule has 3 N–H and O–H groups in total. The van der Waals surface area contributed by atoms with Crippen LogP contribution in [0, 0.1) is 5.92 Å². The lowest BCUT2D eigenvalue weighted by molar-refractivity contribution is -0.116. The van der Waals surface area contributed by atoms with Crippen LogP contribution in [-0.2, 0) is 9.53 Å². The van der Waals surface area contributed by atoms with E-state index >= 15 is 0 Å². The van der Waals surface area contributed by atoms with E-state index in [4.69, 9.17) is 9.84 Å². The molecule has 1 heterocycles. The zero-order chi connectivity index (χ0) is 24.1. The molecule has 1 aliphatic rings. The second kappa shape index (κ2) is 10.2. The average molecular weight is 460 g/mol. The van der Waals surface area contributed by atoms with Gasteiger partial charge in [-0.1, -0.05) is 55.5 Å². The molecule has 0 radical (unpaired) electrons. The molecule has 0 fully saturated rings. The minimum Gasteiger partial charge on any atom is -0.477 e. The summed E-state index contributed by atoms with van der Waals surface area (Å²) in [5.74, 6) is -1.54. The quantitative estimate of drug-likeness (QED) is 0.463. The minimum atomic E-state index is -1.13. The summed E-state index contributed by atoms with van der Waals surface area (Å²) in [5.41, 5.74) is 4.93. The van der Waals surface area contributed by atoms with Gasteiger partial charge in [-0.25, -0.2) is 14.6 Å². The summed E-state index contributed by atoms with van der Waals surface area (Å²) in [5, 5.41) is 14.3. The van der Waals surface area contributed by atoms with Crippen molar-refractivity contribution >= 4 is 23.7 Å². The van der Waals surface area contributed by atoms with Crippen molar-refractivity contribution in [3.63, 3.8) is 0 Å². The first-order valence-corrected chi connectivity index (χ1v) is 11.0. The normalized spacial score (nSPS) is 12.9. The molecule has 0 spiro atoms. The number of benzene rings is 2. The molecule has 0 saturated carbocycles. The summed E-state index contributed by atoms with van der Waals surface area (Å²) in [7, 11) is 0. The van der Waals surface area contributed by atoms with E-state index in [1.54, 1.807) is 0 Å². The van der Waals surface area contributed by atoms with Crippen LogP contribution >= 0.6 is 0 Å². The molecule has 34 heavy (non-hydrogen) atoms. The summed E-state index contributed by atoms with van der Waals surface area (Å²) in [4.78, 5) is 39.1. The first-order chi connectivity index (χ1) is 16.4. The molecule has 0 bridgehead atoms. The molecule has 3 aromatic rings. The molecule has 2 amide bonds. The van der Waals surface area contributed by atoms with Crippen LogP contribution in [0.1, 0.15) is 40.9 Å². The number of pyridine rings is 1. The summed E-state index contributed by atoms with van der Waals surface area (Å²) < 4.78 is 5.51. The number of alkyl carbamates (subject to hydrolysis) is 1. The minimum absolute atomic E-state index is 0.0116. The van der Waals surface area contributed by atoms with Crippen molar-refractivity contribution in [2.24, 2.45) is 5.92 Å². The van der Waals surface area contributed by atoms with Gasteiger partial charge in [-0.15, -0.1) is 0 Å². The number of carbonyl (C=O) groups excluding carboxylic acids is 2. The highest BCUT2D eigenvalue weighted by molar-refractivity contribution is 5.91. The van der Waals surface area contributed by atoms with Crippen molar-refractivity contribution in [2.75, 3.05) is 18.5 Å². The van der Waals surface area contributed by atoms with E-state index in [2.05, 4.69) is 39.9 Å². The third kappa shape index (κ3) is 5.23. The number of rotatable bonds is 8. The van der Waals surface area contributed by atoms with Gasteiger partial charge < -0.3 is 20.5 Å². The van der Waals surface area contributed by atoms with Gasteiger partial charge >= 0.3 is 12.1 Å². The van der Waals surface area contributed by atoms with Gasteiger partial charge in [-0.2, -0.15) is 0 Å². The fourth-order valence-corrected chi connectivity index (χ4v) is 4.10. The molecule has 1 unspecified atom stereocenters. The van der Waals surface area contributed by atoms with E-state index in [0.717, 1.165) is 11.1 Å². The molecule has 174 valence electrons. The lowest BCUT2D eigenvalue weighted by Crippen LogP contribution is -2.31. The second-order valence-corrected chi connectivity index (χ2v) is 8.30. The number of aromatic carboxylic acids is 1. The largest absolute Gasteiger partial charge is 0.477 e. The number of hydrogen-bond donors (Lipinski definition) is 3. The maximum Gasteiger partial charge on any atom is 0.407 e. The molecule has 8 heteroatoms. The van der Waals surface area contributed by atoms with Gasteiger partial charge in [0.15, 0.2) is 0 Å². The number of carboxylic acid groups (broad SMARTS) is 1. The van der Waals surface area contributed by atoms with Crippen LogP contribution in [0.5, 0.6) is 0 Å². The van der Waals surface area contributed by atoms with Crippen LogP contribution < -0.4 is 10.6 Å². The van der Waals surface area contributed by atoms with Crippen molar-refractivity contribution in [1.82, 2.24) is 10.3 Å². The number of fused-ring (bicyclic) bond motifs is 3. The van der Waals surface area contributed by atoms with Crippen LogP contribution in [0.3, 0.4) is 0 Å². The first kappa shape index (κ1) is 23.0. The highest BCUT2D eigenvalue weighted by atomic mass is 16.5. The Morgan fingerprint density at radius 1 is 1.00 bits per heavy atom. The number of carbonyl (C=O) groups is 3. The Morgan fingerprint density at radius 3 is 2.24 bits per heavy atom. The third-order valence-electron chi connectivity index (χ3n) is 5.74. The molecule has 4 rings (SSSR count). The van der Waals surface area contributed by atoms with Gasteiger partial charge in [-0.05, 0) is 40.3 Å². The molecule has 1 aliphatic carbocycles. The number of anilines is 1. The van der Waals surface area contributed by atoms with Crippen LogP contribution in [0.2, 0.25) is 0 Å². The number of nitrogens with zero attached hydrogens (tertiary/aromatic N) is 1. The SMILES string of the molecule is CC(CNC(=O)OCC1c2ccccc2-c2ccccc21)CC(=O)Nc1ccc(C(=O)O)nc1. The van der Waals surface area contributed by atoms with Gasteiger partial charge in [0.05, 0.1) is 11.9 Å². The number of amides is 2.